The van der Waals surface area contributed by atoms with Crippen LogP contribution in [0.1, 0.15) is 22.3 Å². The van der Waals surface area contributed by atoms with Gasteiger partial charge in [-0.2, -0.15) is 4.68 Å². The van der Waals surface area contributed by atoms with Crippen LogP contribution in [0.5, 0.6) is 0 Å². The molecule has 7 heteroatoms. The second kappa shape index (κ2) is 8.81. The van der Waals surface area contributed by atoms with Gasteiger partial charge in [-0.25, -0.2) is 0 Å². The lowest BCUT2D eigenvalue weighted by Gasteiger charge is -2.12. The predicted molar refractivity (Wildman–Crippen MR) is 107 cm³/mol. The molecule has 1 N–H and O–H groups in total. The molecule has 0 saturated carbocycles. The van der Waals surface area contributed by atoms with Crippen molar-refractivity contribution in [1.29, 1.82) is 0 Å². The molecule has 0 aliphatic carbocycles. The van der Waals surface area contributed by atoms with Crippen molar-refractivity contribution >= 4 is 17.7 Å². The first-order valence-corrected chi connectivity index (χ1v) is 9.83. The summed E-state index contributed by atoms with van der Waals surface area (Å²) < 4.78 is 1.71. The normalized spacial score (nSPS) is 10.8. The molecule has 0 radical (unpaired) electrons. The zero-order chi connectivity index (χ0) is 19.2. The minimum absolute atomic E-state index is 0.0252. The van der Waals surface area contributed by atoms with Crippen LogP contribution in [-0.4, -0.2) is 38.4 Å². The second-order valence-corrected chi connectivity index (χ2v) is 7.44. The first-order chi connectivity index (χ1) is 13.0. The summed E-state index contributed by atoms with van der Waals surface area (Å²) in [5.41, 5.74) is 5.59. The van der Waals surface area contributed by atoms with Crippen LogP contribution in [0.3, 0.4) is 0 Å². The average Bonchev–Trinajstić information content (AvgIpc) is 3.08. The highest BCUT2D eigenvalue weighted by Gasteiger charge is 2.15. The number of aromatic nitrogens is 4. The third kappa shape index (κ3) is 4.95. The van der Waals surface area contributed by atoms with Gasteiger partial charge in [0.25, 0.3) is 0 Å². The van der Waals surface area contributed by atoms with E-state index in [4.69, 9.17) is 0 Å². The third-order valence-corrected chi connectivity index (χ3v) is 5.12. The van der Waals surface area contributed by atoms with Gasteiger partial charge in [-0.1, -0.05) is 59.8 Å². The highest BCUT2D eigenvalue weighted by atomic mass is 32.2. The lowest BCUT2D eigenvalue weighted by Crippen LogP contribution is -2.27. The zero-order valence-electron chi connectivity index (χ0n) is 15.8. The number of hydrogen-bond acceptors (Lipinski definition) is 5. The minimum atomic E-state index is -0.0252. The third-order valence-electron chi connectivity index (χ3n) is 4.20. The molecule has 0 aliphatic rings. The number of hydrogen-bond donors (Lipinski definition) is 1. The topological polar surface area (TPSA) is 72.7 Å². The molecule has 0 unspecified atom stereocenters. The van der Waals surface area contributed by atoms with Crippen LogP contribution in [0, 0.1) is 20.8 Å². The van der Waals surface area contributed by atoms with Crippen molar-refractivity contribution < 1.29 is 4.79 Å². The Morgan fingerprint density at radius 2 is 1.81 bits per heavy atom. The molecule has 1 amide bonds. The fourth-order valence-corrected chi connectivity index (χ4v) is 3.79. The molecule has 0 aliphatic heterocycles. The number of nitrogens with one attached hydrogen (secondary N) is 1. The summed E-state index contributed by atoms with van der Waals surface area (Å²) >= 11 is 1.34. The second-order valence-electron chi connectivity index (χ2n) is 6.49. The van der Waals surface area contributed by atoms with E-state index in [0.29, 0.717) is 11.7 Å². The smallest absolute Gasteiger partial charge is 0.230 e. The van der Waals surface area contributed by atoms with Gasteiger partial charge >= 0.3 is 0 Å². The van der Waals surface area contributed by atoms with E-state index in [2.05, 4.69) is 52.0 Å². The van der Waals surface area contributed by atoms with E-state index in [-0.39, 0.29) is 11.7 Å². The predicted octanol–water partition coefficient (Wildman–Crippen LogP) is 3.04. The van der Waals surface area contributed by atoms with Crippen LogP contribution >= 0.6 is 11.8 Å². The summed E-state index contributed by atoms with van der Waals surface area (Å²) in [6.45, 7) is 6.77. The number of rotatable bonds is 7. The Morgan fingerprint density at radius 1 is 1.11 bits per heavy atom. The summed E-state index contributed by atoms with van der Waals surface area (Å²) in [5, 5.41) is 15.6. The Kier molecular flexibility index (Phi) is 6.24. The van der Waals surface area contributed by atoms with Crippen molar-refractivity contribution in [1.82, 2.24) is 25.5 Å². The van der Waals surface area contributed by atoms with E-state index in [0.717, 1.165) is 23.2 Å². The van der Waals surface area contributed by atoms with E-state index in [1.54, 1.807) is 4.68 Å². The SMILES string of the molecule is Cc1cc(C)c(-n2nnnc2SCC(=O)NCCc2ccccc2)c(C)c1. The van der Waals surface area contributed by atoms with Crippen molar-refractivity contribution in [2.24, 2.45) is 0 Å². The van der Waals surface area contributed by atoms with Gasteiger partial charge in [-0.15, -0.1) is 5.10 Å². The molecule has 140 valence electrons. The first-order valence-electron chi connectivity index (χ1n) is 8.84. The number of amides is 1. The quantitative estimate of drug-likeness (QED) is 0.637. The van der Waals surface area contributed by atoms with E-state index in [9.17, 15) is 4.79 Å². The van der Waals surface area contributed by atoms with Crippen molar-refractivity contribution in [2.75, 3.05) is 12.3 Å². The molecule has 3 rings (SSSR count). The maximum Gasteiger partial charge on any atom is 0.230 e. The molecular weight excluding hydrogens is 358 g/mol. The van der Waals surface area contributed by atoms with Gasteiger partial charge in [0.15, 0.2) is 0 Å². The van der Waals surface area contributed by atoms with Crippen LogP contribution in [0.4, 0.5) is 0 Å². The molecule has 6 nitrogen and oxygen atoms in total. The van der Waals surface area contributed by atoms with Gasteiger partial charge in [-0.05, 0) is 54.3 Å². The molecule has 0 spiro atoms. The van der Waals surface area contributed by atoms with E-state index in [1.165, 1.54) is 22.9 Å². The lowest BCUT2D eigenvalue weighted by atomic mass is 10.1. The van der Waals surface area contributed by atoms with Crippen molar-refractivity contribution in [3.05, 3.63) is 64.7 Å². The number of carbonyl (C=O) groups excluding carboxylic acids is 1. The molecular formula is C20H23N5OS. The summed E-state index contributed by atoms with van der Waals surface area (Å²) in [6, 6.07) is 14.3. The molecule has 1 heterocycles. The fraction of sp³-hybridized carbons (Fsp3) is 0.300. The Labute approximate surface area is 163 Å². The maximum absolute atomic E-state index is 12.1. The van der Waals surface area contributed by atoms with Crippen molar-refractivity contribution in [2.45, 2.75) is 32.3 Å². The monoisotopic (exact) mass is 381 g/mol. The Balaban J connectivity index is 1.58. The van der Waals surface area contributed by atoms with Gasteiger partial charge in [0.05, 0.1) is 11.4 Å². The average molecular weight is 382 g/mol. The molecule has 0 saturated heterocycles. The molecule has 1 aromatic heterocycles. The number of thioether (sulfide) groups is 1. The van der Waals surface area contributed by atoms with Crippen LogP contribution in [-0.2, 0) is 11.2 Å². The van der Waals surface area contributed by atoms with Gasteiger partial charge in [0.1, 0.15) is 0 Å². The Bertz CT molecular complexity index is 900. The highest BCUT2D eigenvalue weighted by Crippen LogP contribution is 2.24. The lowest BCUT2D eigenvalue weighted by molar-refractivity contribution is -0.118. The van der Waals surface area contributed by atoms with Crippen LogP contribution in [0.25, 0.3) is 5.69 Å². The molecule has 0 fully saturated rings. The van der Waals surface area contributed by atoms with E-state index in [1.807, 2.05) is 32.0 Å². The number of aryl methyl sites for hydroxylation is 3. The van der Waals surface area contributed by atoms with E-state index < -0.39 is 0 Å². The van der Waals surface area contributed by atoms with Gasteiger partial charge < -0.3 is 5.32 Å². The Hall–Kier alpha value is -2.67. The number of benzene rings is 2. The van der Waals surface area contributed by atoms with Crippen LogP contribution in [0.2, 0.25) is 0 Å². The van der Waals surface area contributed by atoms with Crippen LogP contribution < -0.4 is 5.32 Å². The van der Waals surface area contributed by atoms with Crippen LogP contribution in [0.15, 0.2) is 47.6 Å². The fourth-order valence-electron chi connectivity index (χ4n) is 3.09. The number of tetrazole rings is 1. The standard InChI is InChI=1S/C20H23N5OS/c1-14-11-15(2)19(16(3)12-14)25-20(22-23-24-25)27-13-18(26)21-10-9-17-7-5-4-6-8-17/h4-8,11-12H,9-10,13H2,1-3H3,(H,21,26). The summed E-state index contributed by atoms with van der Waals surface area (Å²) in [7, 11) is 0. The number of carbonyl (C=O) groups is 1. The van der Waals surface area contributed by atoms with Crippen molar-refractivity contribution in [3.63, 3.8) is 0 Å². The molecule has 27 heavy (non-hydrogen) atoms. The maximum atomic E-state index is 12.1. The summed E-state index contributed by atoms with van der Waals surface area (Å²) in [4.78, 5) is 12.1. The van der Waals surface area contributed by atoms with Gasteiger partial charge in [-0.3, -0.25) is 4.79 Å². The molecule has 0 bridgehead atoms. The highest BCUT2D eigenvalue weighted by molar-refractivity contribution is 7.99. The number of nitrogens with zero attached hydrogens (tertiary/aromatic N) is 4. The largest absolute Gasteiger partial charge is 0.355 e. The minimum Gasteiger partial charge on any atom is -0.355 e. The van der Waals surface area contributed by atoms with Gasteiger partial charge in [0.2, 0.25) is 11.1 Å². The summed E-state index contributed by atoms with van der Waals surface area (Å²) in [5.74, 6) is 0.252. The zero-order valence-corrected chi connectivity index (χ0v) is 16.6. The van der Waals surface area contributed by atoms with Crippen molar-refractivity contribution in [3.8, 4) is 5.69 Å². The first kappa shape index (κ1) is 19.1. The van der Waals surface area contributed by atoms with E-state index >= 15 is 0 Å². The molecule has 0 atom stereocenters. The molecule has 3 aromatic rings. The summed E-state index contributed by atoms with van der Waals surface area (Å²) in [6.07, 6.45) is 0.816. The Morgan fingerprint density at radius 3 is 2.52 bits per heavy atom. The molecule has 2 aromatic carbocycles. The van der Waals surface area contributed by atoms with Gasteiger partial charge in [0, 0.05) is 6.54 Å².